The van der Waals surface area contributed by atoms with E-state index in [0.29, 0.717) is 18.4 Å². The molecule has 0 saturated heterocycles. The van der Waals surface area contributed by atoms with Crippen molar-refractivity contribution in [3.63, 3.8) is 0 Å². The van der Waals surface area contributed by atoms with E-state index in [1.807, 2.05) is 19.9 Å². The Hall–Kier alpha value is -0.870. The van der Waals surface area contributed by atoms with Crippen LogP contribution in [0.25, 0.3) is 0 Å². The molecule has 1 rings (SSSR count). The fourth-order valence-corrected chi connectivity index (χ4v) is 3.37. The number of hydrogen-bond acceptors (Lipinski definition) is 3. The lowest BCUT2D eigenvalue weighted by molar-refractivity contribution is 0.337. The Morgan fingerprint density at radius 3 is 2.52 bits per heavy atom. The normalized spacial score (nSPS) is 15.5. The second-order valence-corrected chi connectivity index (χ2v) is 7.18. The molecule has 3 nitrogen and oxygen atoms in total. The van der Waals surface area contributed by atoms with Crippen LogP contribution in [0.5, 0.6) is 5.75 Å². The molecule has 0 aliphatic rings. The summed E-state index contributed by atoms with van der Waals surface area (Å²) in [6, 6.07) is 6.53. The fraction of sp³-hybridized carbons (Fsp3) is 0.647. The minimum Gasteiger partial charge on any atom is -0.494 e. The summed E-state index contributed by atoms with van der Waals surface area (Å²) in [4.78, 5) is 0. The molecule has 1 N–H and O–H groups in total. The van der Waals surface area contributed by atoms with Crippen LogP contribution < -0.4 is 10.1 Å². The first-order valence-electron chi connectivity index (χ1n) is 7.89. The van der Waals surface area contributed by atoms with Gasteiger partial charge in [-0.2, -0.15) is 0 Å². The van der Waals surface area contributed by atoms with Crippen LogP contribution in [0.2, 0.25) is 0 Å². The van der Waals surface area contributed by atoms with Crippen LogP contribution in [0, 0.1) is 0 Å². The summed E-state index contributed by atoms with van der Waals surface area (Å²) in [5, 5.41) is 3.63. The molecule has 0 spiro atoms. The van der Waals surface area contributed by atoms with Crippen molar-refractivity contribution in [3.05, 3.63) is 29.3 Å². The predicted octanol–water partition coefficient (Wildman–Crippen LogP) is 3.80. The Morgan fingerprint density at radius 2 is 1.95 bits per heavy atom. The lowest BCUT2D eigenvalue weighted by Gasteiger charge is -2.17. The maximum Gasteiger partial charge on any atom is 0.123 e. The standard InChI is InChI=1S/C17H29NO2S/c1-6-13(4)21(19)12-16-11-15(14(5)18-7-2)9-10-17(16)20-8-3/h9-11,13-14,18H,6-8,12H2,1-5H3. The van der Waals surface area contributed by atoms with Gasteiger partial charge in [-0.25, -0.2) is 0 Å². The molecular weight excluding hydrogens is 282 g/mol. The topological polar surface area (TPSA) is 38.3 Å². The number of hydrogen-bond donors (Lipinski definition) is 1. The summed E-state index contributed by atoms with van der Waals surface area (Å²) in [6.07, 6.45) is 0.935. The van der Waals surface area contributed by atoms with Crippen molar-refractivity contribution in [1.29, 1.82) is 0 Å². The van der Waals surface area contributed by atoms with Crippen LogP contribution in [-0.4, -0.2) is 22.6 Å². The molecule has 1 aromatic carbocycles. The molecule has 0 saturated carbocycles. The van der Waals surface area contributed by atoms with Crippen molar-refractivity contribution in [2.45, 2.75) is 58.1 Å². The van der Waals surface area contributed by atoms with Gasteiger partial charge in [0.2, 0.25) is 0 Å². The summed E-state index contributed by atoms with van der Waals surface area (Å²) >= 11 is 0. The van der Waals surface area contributed by atoms with Gasteiger partial charge in [0.1, 0.15) is 5.75 Å². The first-order valence-corrected chi connectivity index (χ1v) is 9.27. The van der Waals surface area contributed by atoms with E-state index < -0.39 is 10.8 Å². The van der Waals surface area contributed by atoms with Crippen molar-refractivity contribution >= 4 is 10.8 Å². The molecule has 3 atom stereocenters. The Balaban J connectivity index is 3.00. The van der Waals surface area contributed by atoms with E-state index in [9.17, 15) is 4.21 Å². The summed E-state index contributed by atoms with van der Waals surface area (Å²) in [6.45, 7) is 11.9. The third-order valence-electron chi connectivity index (χ3n) is 3.72. The molecule has 0 heterocycles. The third kappa shape index (κ3) is 5.44. The Bertz CT molecular complexity index is 462. The van der Waals surface area contributed by atoms with Crippen molar-refractivity contribution in [1.82, 2.24) is 5.32 Å². The Labute approximate surface area is 131 Å². The van der Waals surface area contributed by atoms with E-state index in [-0.39, 0.29) is 5.25 Å². The highest BCUT2D eigenvalue weighted by atomic mass is 32.2. The number of nitrogens with one attached hydrogen (secondary N) is 1. The molecule has 0 aliphatic carbocycles. The summed E-state index contributed by atoms with van der Waals surface area (Å²) in [5.41, 5.74) is 2.27. The lowest BCUT2D eigenvalue weighted by Crippen LogP contribution is -2.18. The maximum absolute atomic E-state index is 12.3. The van der Waals surface area contributed by atoms with Gasteiger partial charge in [-0.1, -0.05) is 26.8 Å². The SMILES string of the molecule is CCNC(C)c1ccc(OCC)c(CS(=O)C(C)CC)c1. The quantitative estimate of drug-likeness (QED) is 0.754. The largest absolute Gasteiger partial charge is 0.494 e. The highest BCUT2D eigenvalue weighted by molar-refractivity contribution is 7.84. The molecular formula is C17H29NO2S. The zero-order valence-corrected chi connectivity index (χ0v) is 14.8. The molecule has 0 aliphatic heterocycles. The van der Waals surface area contributed by atoms with Crippen molar-refractivity contribution < 1.29 is 8.95 Å². The van der Waals surface area contributed by atoms with Crippen LogP contribution in [0.3, 0.4) is 0 Å². The summed E-state index contributed by atoms with van der Waals surface area (Å²) in [5.74, 6) is 1.43. The van der Waals surface area contributed by atoms with Gasteiger partial charge in [-0.15, -0.1) is 0 Å². The number of ether oxygens (including phenoxy) is 1. The molecule has 4 heteroatoms. The van der Waals surface area contributed by atoms with Gasteiger partial charge in [0.15, 0.2) is 0 Å². The highest BCUT2D eigenvalue weighted by Crippen LogP contribution is 2.26. The van der Waals surface area contributed by atoms with E-state index in [1.54, 1.807) is 0 Å². The lowest BCUT2D eigenvalue weighted by atomic mass is 10.0. The third-order valence-corrected chi connectivity index (χ3v) is 5.54. The van der Waals surface area contributed by atoms with E-state index in [0.717, 1.165) is 24.3 Å². The molecule has 21 heavy (non-hydrogen) atoms. The van der Waals surface area contributed by atoms with E-state index in [1.165, 1.54) is 5.56 Å². The number of rotatable bonds is 9. The van der Waals surface area contributed by atoms with Crippen molar-refractivity contribution in [2.75, 3.05) is 13.2 Å². The van der Waals surface area contributed by atoms with E-state index in [4.69, 9.17) is 4.74 Å². The fourth-order valence-electron chi connectivity index (χ4n) is 2.18. The summed E-state index contributed by atoms with van der Waals surface area (Å²) < 4.78 is 18.0. The van der Waals surface area contributed by atoms with Gasteiger partial charge >= 0.3 is 0 Å². The van der Waals surface area contributed by atoms with Gasteiger partial charge < -0.3 is 10.1 Å². The van der Waals surface area contributed by atoms with Crippen molar-refractivity contribution in [2.24, 2.45) is 0 Å². The van der Waals surface area contributed by atoms with Crippen molar-refractivity contribution in [3.8, 4) is 5.75 Å². The number of benzene rings is 1. The average Bonchev–Trinajstić information content (AvgIpc) is 2.48. The zero-order chi connectivity index (χ0) is 15.8. The van der Waals surface area contributed by atoms with Gasteiger partial charge in [0.05, 0.1) is 12.4 Å². The average molecular weight is 311 g/mol. The molecule has 0 radical (unpaired) electrons. The molecule has 0 fully saturated rings. The van der Waals surface area contributed by atoms with Crippen LogP contribution in [0.1, 0.15) is 58.2 Å². The van der Waals surface area contributed by atoms with E-state index in [2.05, 4.69) is 38.2 Å². The van der Waals surface area contributed by atoms with Crippen LogP contribution >= 0.6 is 0 Å². The first-order chi connectivity index (χ1) is 10.0. The molecule has 3 unspecified atom stereocenters. The first kappa shape index (κ1) is 18.2. The maximum atomic E-state index is 12.3. The van der Waals surface area contributed by atoms with Gasteiger partial charge in [0.25, 0.3) is 0 Å². The monoisotopic (exact) mass is 311 g/mol. The molecule has 120 valence electrons. The van der Waals surface area contributed by atoms with Gasteiger partial charge in [0, 0.05) is 27.7 Å². The van der Waals surface area contributed by atoms with Crippen LogP contribution in [0.4, 0.5) is 0 Å². The molecule has 0 amide bonds. The van der Waals surface area contributed by atoms with Crippen LogP contribution in [-0.2, 0) is 16.6 Å². The molecule has 1 aromatic rings. The molecule has 0 bridgehead atoms. The highest BCUT2D eigenvalue weighted by Gasteiger charge is 2.15. The molecule has 0 aromatic heterocycles. The summed E-state index contributed by atoms with van der Waals surface area (Å²) in [7, 11) is -0.855. The van der Waals surface area contributed by atoms with E-state index >= 15 is 0 Å². The van der Waals surface area contributed by atoms with Gasteiger partial charge in [-0.3, -0.25) is 4.21 Å². The van der Waals surface area contributed by atoms with Crippen LogP contribution in [0.15, 0.2) is 18.2 Å². The Kier molecular flexibility index (Phi) is 7.97. The predicted molar refractivity (Wildman–Crippen MR) is 91.3 cm³/mol. The minimum atomic E-state index is -0.855. The second-order valence-electron chi connectivity index (χ2n) is 5.32. The second kappa shape index (κ2) is 9.21. The Morgan fingerprint density at radius 1 is 1.24 bits per heavy atom. The van der Waals surface area contributed by atoms with Gasteiger partial charge in [-0.05, 0) is 44.5 Å². The smallest absolute Gasteiger partial charge is 0.123 e. The minimum absolute atomic E-state index is 0.217. The zero-order valence-electron chi connectivity index (χ0n) is 13.9.